The molecule has 2 N–H and O–H groups in total. The van der Waals surface area contributed by atoms with E-state index in [1.165, 1.54) is 0 Å². The minimum atomic E-state index is -0.350. The highest BCUT2D eigenvalue weighted by molar-refractivity contribution is 6.20. The van der Waals surface area contributed by atoms with Gasteiger partial charge in [-0.3, -0.25) is 0 Å². The van der Waals surface area contributed by atoms with Crippen molar-refractivity contribution in [3.05, 3.63) is 0 Å². The summed E-state index contributed by atoms with van der Waals surface area (Å²) in [6.07, 6.45) is 0. The Morgan fingerprint density at radius 1 is 1.44 bits per heavy atom. The summed E-state index contributed by atoms with van der Waals surface area (Å²) < 4.78 is 4.79. The van der Waals surface area contributed by atoms with Crippen molar-refractivity contribution in [1.82, 2.24) is 0 Å². The highest BCUT2D eigenvalue weighted by Crippen LogP contribution is 1.93. The third-order valence-electron chi connectivity index (χ3n) is 0.732. The van der Waals surface area contributed by atoms with Crippen molar-refractivity contribution in [2.24, 2.45) is 0 Å². The summed E-state index contributed by atoms with van der Waals surface area (Å²) >= 11 is 5.44. The van der Waals surface area contributed by atoms with E-state index in [9.17, 15) is 0 Å². The maximum atomic E-state index is 8.36. The lowest BCUT2D eigenvalue weighted by Crippen LogP contribution is -2.14. The average Bonchev–Trinajstić information content (AvgIpc) is 1.89. The topological polar surface area (TPSA) is 49.7 Å². The van der Waals surface area contributed by atoms with Gasteiger partial charge in [0, 0.05) is 0 Å². The maximum Gasteiger partial charge on any atom is 0.0800 e. The molecule has 1 unspecified atom stereocenters. The third-order valence-corrected chi connectivity index (χ3v) is 0.996. The van der Waals surface area contributed by atoms with Gasteiger partial charge in [-0.25, -0.2) is 0 Å². The molecule has 0 aliphatic heterocycles. The van der Waals surface area contributed by atoms with Gasteiger partial charge in [-0.1, -0.05) is 0 Å². The second-order valence-corrected chi connectivity index (χ2v) is 2.20. The molecule has 0 heterocycles. The molecule has 0 saturated heterocycles. The molecule has 56 valence electrons. The van der Waals surface area contributed by atoms with Gasteiger partial charge in [-0.2, -0.15) is 0 Å². The van der Waals surface area contributed by atoms with E-state index in [0.29, 0.717) is 6.61 Å². The lowest BCUT2D eigenvalue weighted by atomic mass is 10.5. The van der Waals surface area contributed by atoms with Crippen LogP contribution in [0.15, 0.2) is 0 Å². The SMILES string of the molecule is OCCOCC(Cl)CO. The lowest BCUT2D eigenvalue weighted by Gasteiger charge is -2.04. The molecule has 0 aromatic rings. The summed E-state index contributed by atoms with van der Waals surface area (Å²) in [5, 5.41) is 16.2. The first kappa shape index (κ1) is 9.17. The number of hydrogen-bond acceptors (Lipinski definition) is 3. The Morgan fingerprint density at radius 2 is 2.11 bits per heavy atom. The fourth-order valence-electron chi connectivity index (χ4n) is 0.328. The number of halogens is 1. The zero-order chi connectivity index (χ0) is 7.11. The molecule has 0 amide bonds. The first-order chi connectivity index (χ1) is 4.31. The van der Waals surface area contributed by atoms with Crippen LogP contribution in [0.2, 0.25) is 0 Å². The molecule has 0 bridgehead atoms. The van der Waals surface area contributed by atoms with Crippen LogP contribution in [0.4, 0.5) is 0 Å². The van der Waals surface area contributed by atoms with Crippen LogP contribution in [0, 0.1) is 0 Å². The molecule has 0 aliphatic rings. The van der Waals surface area contributed by atoms with Gasteiger partial charge in [0.05, 0.1) is 31.8 Å². The Labute approximate surface area is 59.2 Å². The molecule has 1 atom stereocenters. The third kappa shape index (κ3) is 6.05. The molecule has 0 saturated carbocycles. The van der Waals surface area contributed by atoms with Crippen LogP contribution in [0.1, 0.15) is 0 Å². The Balaban J connectivity index is 2.88. The molecule has 3 nitrogen and oxygen atoms in total. The Morgan fingerprint density at radius 3 is 2.56 bits per heavy atom. The molecule has 9 heavy (non-hydrogen) atoms. The minimum absolute atomic E-state index is 0.00492. The van der Waals surface area contributed by atoms with Crippen LogP contribution in [0.5, 0.6) is 0 Å². The van der Waals surface area contributed by atoms with Crippen molar-refractivity contribution in [2.75, 3.05) is 26.4 Å². The van der Waals surface area contributed by atoms with Crippen LogP contribution in [-0.2, 0) is 4.74 Å². The van der Waals surface area contributed by atoms with E-state index in [0.717, 1.165) is 0 Å². The van der Waals surface area contributed by atoms with Crippen molar-refractivity contribution in [3.63, 3.8) is 0 Å². The predicted octanol–water partition coefficient (Wildman–Crippen LogP) is -0.405. The molecule has 0 aromatic heterocycles. The number of aliphatic hydroxyl groups excluding tert-OH is 2. The normalized spacial score (nSPS) is 13.7. The summed E-state index contributed by atoms with van der Waals surface area (Å²) in [5.41, 5.74) is 0. The van der Waals surface area contributed by atoms with Gasteiger partial charge >= 0.3 is 0 Å². The average molecular weight is 155 g/mol. The molecule has 4 heteroatoms. The largest absolute Gasteiger partial charge is 0.395 e. The van der Waals surface area contributed by atoms with Gasteiger partial charge in [0.1, 0.15) is 0 Å². The standard InChI is InChI=1S/C5H11ClO3/c6-5(3-8)4-9-2-1-7/h5,7-8H,1-4H2. The number of aliphatic hydroxyl groups is 2. The second-order valence-electron chi connectivity index (χ2n) is 1.58. The summed E-state index contributed by atoms with van der Waals surface area (Å²) in [7, 11) is 0. The highest BCUT2D eigenvalue weighted by atomic mass is 35.5. The van der Waals surface area contributed by atoms with E-state index < -0.39 is 0 Å². The fourth-order valence-corrected chi connectivity index (χ4v) is 0.418. The molecule has 0 radical (unpaired) electrons. The van der Waals surface area contributed by atoms with Crippen molar-refractivity contribution >= 4 is 11.6 Å². The van der Waals surface area contributed by atoms with E-state index in [-0.39, 0.29) is 25.2 Å². The number of rotatable bonds is 5. The molecule has 0 aromatic carbocycles. The van der Waals surface area contributed by atoms with Crippen LogP contribution in [-0.4, -0.2) is 42.0 Å². The number of ether oxygens (including phenoxy) is 1. The molecule has 0 aliphatic carbocycles. The van der Waals surface area contributed by atoms with E-state index in [1.54, 1.807) is 0 Å². The van der Waals surface area contributed by atoms with Crippen LogP contribution in [0.3, 0.4) is 0 Å². The Bertz CT molecular complexity index is 60.2. The summed E-state index contributed by atoms with van der Waals surface area (Å²) in [5.74, 6) is 0. The molecule has 0 fully saturated rings. The van der Waals surface area contributed by atoms with Crippen molar-refractivity contribution in [2.45, 2.75) is 5.38 Å². The summed E-state index contributed by atoms with van der Waals surface area (Å²) in [6, 6.07) is 0. The van der Waals surface area contributed by atoms with Gasteiger partial charge in [-0.05, 0) is 0 Å². The van der Waals surface area contributed by atoms with Gasteiger partial charge in [0.15, 0.2) is 0 Å². The van der Waals surface area contributed by atoms with Crippen molar-refractivity contribution in [3.8, 4) is 0 Å². The smallest absolute Gasteiger partial charge is 0.0800 e. The number of hydrogen-bond donors (Lipinski definition) is 2. The van der Waals surface area contributed by atoms with E-state index in [4.69, 9.17) is 26.6 Å². The maximum absolute atomic E-state index is 8.36. The Hall–Kier alpha value is 0.170. The van der Waals surface area contributed by atoms with E-state index in [1.807, 2.05) is 0 Å². The Kier molecular flexibility index (Phi) is 6.41. The van der Waals surface area contributed by atoms with Gasteiger partial charge in [0.2, 0.25) is 0 Å². The van der Waals surface area contributed by atoms with E-state index >= 15 is 0 Å². The van der Waals surface area contributed by atoms with Gasteiger partial charge in [0.25, 0.3) is 0 Å². The minimum Gasteiger partial charge on any atom is -0.395 e. The van der Waals surface area contributed by atoms with Crippen molar-refractivity contribution in [1.29, 1.82) is 0 Å². The van der Waals surface area contributed by atoms with Crippen LogP contribution >= 0.6 is 11.6 Å². The predicted molar refractivity (Wildman–Crippen MR) is 34.6 cm³/mol. The first-order valence-corrected chi connectivity index (χ1v) is 3.18. The first-order valence-electron chi connectivity index (χ1n) is 2.74. The van der Waals surface area contributed by atoms with Crippen molar-refractivity contribution < 1.29 is 14.9 Å². The van der Waals surface area contributed by atoms with Gasteiger partial charge < -0.3 is 14.9 Å². The molecule has 0 rings (SSSR count). The van der Waals surface area contributed by atoms with Crippen LogP contribution < -0.4 is 0 Å². The lowest BCUT2D eigenvalue weighted by molar-refractivity contribution is 0.0836. The molecular weight excluding hydrogens is 144 g/mol. The summed E-state index contributed by atoms with van der Waals surface area (Å²) in [6.45, 7) is 0.476. The van der Waals surface area contributed by atoms with E-state index in [2.05, 4.69) is 0 Å². The zero-order valence-corrected chi connectivity index (χ0v) is 5.84. The quantitative estimate of drug-likeness (QED) is 0.418. The second kappa shape index (κ2) is 6.29. The number of alkyl halides is 1. The fraction of sp³-hybridized carbons (Fsp3) is 1.00. The highest BCUT2D eigenvalue weighted by Gasteiger charge is 2.00. The molecular formula is C5H11ClO3. The van der Waals surface area contributed by atoms with Crippen LogP contribution in [0.25, 0.3) is 0 Å². The molecule has 0 spiro atoms. The zero-order valence-electron chi connectivity index (χ0n) is 5.09. The summed E-state index contributed by atoms with van der Waals surface area (Å²) in [4.78, 5) is 0. The monoisotopic (exact) mass is 154 g/mol. The van der Waals surface area contributed by atoms with Gasteiger partial charge in [-0.15, -0.1) is 11.6 Å².